The Hall–Kier alpha value is -2.69. The van der Waals surface area contributed by atoms with Crippen LogP contribution in [0.4, 0.5) is 0 Å². The van der Waals surface area contributed by atoms with E-state index in [0.29, 0.717) is 5.69 Å². The van der Waals surface area contributed by atoms with Gasteiger partial charge >= 0.3 is 5.97 Å². The third-order valence-corrected chi connectivity index (χ3v) is 2.40. The Balaban J connectivity index is 2.36. The normalized spacial score (nSPS) is 10.7. The van der Waals surface area contributed by atoms with E-state index in [0.717, 1.165) is 11.1 Å². The standard InChI is InChI=1S/C13H11N3O2/c14-15-8-9-4-6-10(7-5-9)11-2-1-3-12(16-11)13(17)18/h1-8H,14H2,(H,17,18). The summed E-state index contributed by atoms with van der Waals surface area (Å²) in [6.45, 7) is 0. The molecule has 0 saturated heterocycles. The summed E-state index contributed by atoms with van der Waals surface area (Å²) in [5, 5.41) is 12.3. The van der Waals surface area contributed by atoms with Gasteiger partial charge in [0, 0.05) is 5.56 Å². The van der Waals surface area contributed by atoms with Gasteiger partial charge in [0.15, 0.2) is 0 Å². The lowest BCUT2D eigenvalue weighted by molar-refractivity contribution is 0.0690. The number of hydrogen-bond acceptors (Lipinski definition) is 4. The summed E-state index contributed by atoms with van der Waals surface area (Å²) < 4.78 is 0. The highest BCUT2D eigenvalue weighted by molar-refractivity contribution is 5.86. The first-order chi connectivity index (χ1) is 8.70. The Morgan fingerprint density at radius 1 is 1.22 bits per heavy atom. The van der Waals surface area contributed by atoms with Crippen molar-refractivity contribution in [3.63, 3.8) is 0 Å². The quantitative estimate of drug-likeness (QED) is 0.486. The monoisotopic (exact) mass is 241 g/mol. The molecule has 0 radical (unpaired) electrons. The number of nitrogens with zero attached hydrogens (tertiary/aromatic N) is 2. The minimum absolute atomic E-state index is 0.0279. The molecule has 1 aromatic heterocycles. The van der Waals surface area contributed by atoms with E-state index >= 15 is 0 Å². The number of nitrogens with two attached hydrogens (primary N) is 1. The van der Waals surface area contributed by atoms with Crippen molar-refractivity contribution in [2.75, 3.05) is 0 Å². The van der Waals surface area contributed by atoms with E-state index in [1.54, 1.807) is 12.1 Å². The molecule has 0 saturated carbocycles. The Morgan fingerprint density at radius 3 is 2.56 bits per heavy atom. The lowest BCUT2D eigenvalue weighted by Gasteiger charge is -2.02. The van der Waals surface area contributed by atoms with Crippen LogP contribution in [0.15, 0.2) is 47.6 Å². The summed E-state index contributed by atoms with van der Waals surface area (Å²) >= 11 is 0. The average molecular weight is 241 g/mol. The minimum Gasteiger partial charge on any atom is -0.477 e. The van der Waals surface area contributed by atoms with Gasteiger partial charge in [-0.15, -0.1) is 0 Å². The number of benzene rings is 1. The van der Waals surface area contributed by atoms with Crippen LogP contribution in [0.2, 0.25) is 0 Å². The summed E-state index contributed by atoms with van der Waals surface area (Å²) in [4.78, 5) is 14.9. The molecule has 1 aromatic carbocycles. The summed E-state index contributed by atoms with van der Waals surface area (Å²) in [6.07, 6.45) is 1.53. The number of carboxylic acid groups (broad SMARTS) is 1. The summed E-state index contributed by atoms with van der Waals surface area (Å²) in [6, 6.07) is 12.2. The molecule has 0 unspecified atom stereocenters. The van der Waals surface area contributed by atoms with Gasteiger partial charge in [0.05, 0.1) is 11.9 Å². The van der Waals surface area contributed by atoms with Crippen LogP contribution < -0.4 is 5.84 Å². The van der Waals surface area contributed by atoms with Gasteiger partial charge in [-0.1, -0.05) is 30.3 Å². The van der Waals surface area contributed by atoms with E-state index in [9.17, 15) is 4.79 Å². The van der Waals surface area contributed by atoms with Crippen LogP contribution in [0.25, 0.3) is 11.3 Å². The molecule has 0 aliphatic rings. The van der Waals surface area contributed by atoms with Crippen molar-refractivity contribution in [2.45, 2.75) is 0 Å². The van der Waals surface area contributed by atoms with Crippen LogP contribution in [0.5, 0.6) is 0 Å². The highest BCUT2D eigenvalue weighted by Gasteiger charge is 2.06. The number of aromatic carboxylic acids is 1. The molecule has 0 fully saturated rings. The van der Waals surface area contributed by atoms with E-state index in [1.165, 1.54) is 12.3 Å². The van der Waals surface area contributed by atoms with Crippen molar-refractivity contribution in [1.82, 2.24) is 4.98 Å². The molecule has 0 aliphatic carbocycles. The molecule has 5 nitrogen and oxygen atoms in total. The molecule has 90 valence electrons. The van der Waals surface area contributed by atoms with Crippen molar-refractivity contribution in [3.05, 3.63) is 53.7 Å². The van der Waals surface area contributed by atoms with Gasteiger partial charge in [0.25, 0.3) is 0 Å². The second kappa shape index (κ2) is 5.09. The minimum atomic E-state index is -1.04. The molecule has 0 atom stereocenters. The molecule has 18 heavy (non-hydrogen) atoms. The van der Waals surface area contributed by atoms with Crippen LogP contribution in [-0.4, -0.2) is 22.3 Å². The fourth-order valence-corrected chi connectivity index (χ4v) is 1.54. The van der Waals surface area contributed by atoms with E-state index in [1.807, 2.05) is 24.3 Å². The zero-order valence-electron chi connectivity index (χ0n) is 9.45. The van der Waals surface area contributed by atoms with Crippen LogP contribution in [-0.2, 0) is 0 Å². The number of aromatic nitrogens is 1. The van der Waals surface area contributed by atoms with Gasteiger partial charge in [-0.2, -0.15) is 5.10 Å². The lowest BCUT2D eigenvalue weighted by Crippen LogP contribution is -2.00. The lowest BCUT2D eigenvalue weighted by atomic mass is 10.1. The topological polar surface area (TPSA) is 88.6 Å². The molecular weight excluding hydrogens is 230 g/mol. The molecule has 5 heteroatoms. The largest absolute Gasteiger partial charge is 0.477 e. The number of rotatable bonds is 3. The second-order valence-corrected chi connectivity index (χ2v) is 3.61. The zero-order chi connectivity index (χ0) is 13.0. The van der Waals surface area contributed by atoms with Crippen molar-refractivity contribution < 1.29 is 9.90 Å². The summed E-state index contributed by atoms with van der Waals surface area (Å²) in [5.74, 6) is 4.02. The van der Waals surface area contributed by atoms with E-state index in [4.69, 9.17) is 10.9 Å². The first-order valence-corrected chi connectivity index (χ1v) is 5.25. The van der Waals surface area contributed by atoms with E-state index in [-0.39, 0.29) is 5.69 Å². The first-order valence-electron chi connectivity index (χ1n) is 5.25. The number of hydrogen-bond donors (Lipinski definition) is 2. The predicted octanol–water partition coefficient (Wildman–Crippen LogP) is 1.74. The highest BCUT2D eigenvalue weighted by atomic mass is 16.4. The van der Waals surface area contributed by atoms with Gasteiger partial charge in [0.1, 0.15) is 5.69 Å². The van der Waals surface area contributed by atoms with Gasteiger partial charge < -0.3 is 10.9 Å². The molecule has 3 N–H and O–H groups in total. The van der Waals surface area contributed by atoms with E-state index in [2.05, 4.69) is 10.1 Å². The first kappa shape index (κ1) is 11.8. The molecule has 0 bridgehead atoms. The number of carboxylic acids is 1. The van der Waals surface area contributed by atoms with Gasteiger partial charge in [-0.3, -0.25) is 0 Å². The molecule has 0 aliphatic heterocycles. The molecule has 0 amide bonds. The fourth-order valence-electron chi connectivity index (χ4n) is 1.54. The third-order valence-electron chi connectivity index (χ3n) is 2.40. The molecule has 2 rings (SSSR count). The highest BCUT2D eigenvalue weighted by Crippen LogP contribution is 2.17. The fraction of sp³-hybridized carbons (Fsp3) is 0. The van der Waals surface area contributed by atoms with E-state index < -0.39 is 5.97 Å². The Labute approximate surface area is 104 Å². The predicted molar refractivity (Wildman–Crippen MR) is 68.4 cm³/mol. The van der Waals surface area contributed by atoms with Crippen molar-refractivity contribution in [1.29, 1.82) is 0 Å². The number of pyridine rings is 1. The van der Waals surface area contributed by atoms with Crippen molar-refractivity contribution >= 4 is 12.2 Å². The van der Waals surface area contributed by atoms with Crippen LogP contribution in [0.3, 0.4) is 0 Å². The SMILES string of the molecule is NN=Cc1ccc(-c2cccc(C(=O)O)n2)cc1. The van der Waals surface area contributed by atoms with Crippen LogP contribution in [0.1, 0.15) is 16.1 Å². The Morgan fingerprint density at radius 2 is 1.94 bits per heavy atom. The summed E-state index contributed by atoms with van der Waals surface area (Å²) in [7, 11) is 0. The second-order valence-electron chi connectivity index (χ2n) is 3.61. The molecule has 0 spiro atoms. The third kappa shape index (κ3) is 2.52. The Bertz CT molecular complexity index is 591. The number of hydrazone groups is 1. The maximum atomic E-state index is 10.8. The van der Waals surface area contributed by atoms with Gasteiger partial charge in [0.2, 0.25) is 0 Å². The van der Waals surface area contributed by atoms with Gasteiger partial charge in [-0.25, -0.2) is 9.78 Å². The van der Waals surface area contributed by atoms with Crippen LogP contribution >= 0.6 is 0 Å². The smallest absolute Gasteiger partial charge is 0.354 e. The Kier molecular flexibility index (Phi) is 3.33. The number of carbonyl (C=O) groups is 1. The average Bonchev–Trinajstić information content (AvgIpc) is 2.40. The zero-order valence-corrected chi connectivity index (χ0v) is 9.45. The van der Waals surface area contributed by atoms with Gasteiger partial charge in [-0.05, 0) is 17.7 Å². The summed E-state index contributed by atoms with van der Waals surface area (Å²) in [5.41, 5.74) is 2.36. The molecule has 1 heterocycles. The maximum Gasteiger partial charge on any atom is 0.354 e. The van der Waals surface area contributed by atoms with Crippen LogP contribution in [0, 0.1) is 0 Å². The maximum absolute atomic E-state index is 10.8. The molecular formula is C13H11N3O2. The van der Waals surface area contributed by atoms with Crippen molar-refractivity contribution in [2.24, 2.45) is 10.9 Å². The van der Waals surface area contributed by atoms with Crippen molar-refractivity contribution in [3.8, 4) is 11.3 Å². The molecule has 2 aromatic rings.